The van der Waals surface area contributed by atoms with Crippen molar-refractivity contribution in [2.24, 2.45) is 0 Å². The Bertz CT molecular complexity index is 850. The average Bonchev–Trinajstić information content (AvgIpc) is 2.53. The first-order valence-corrected chi connectivity index (χ1v) is 8.38. The minimum atomic E-state index is -1.16. The van der Waals surface area contributed by atoms with Gasteiger partial charge >= 0.3 is 5.97 Å². The fraction of sp³-hybridized carbons (Fsp3) is 0.167. The van der Waals surface area contributed by atoms with Crippen molar-refractivity contribution in [2.75, 3.05) is 11.9 Å². The summed E-state index contributed by atoms with van der Waals surface area (Å²) in [5.74, 6) is -0.995. The second-order valence-electron chi connectivity index (χ2n) is 5.61. The Hall–Kier alpha value is -2.64. The van der Waals surface area contributed by atoms with Crippen LogP contribution in [0.3, 0.4) is 0 Å². The highest BCUT2D eigenvalue weighted by molar-refractivity contribution is 7.80. The highest BCUT2D eigenvalue weighted by atomic mass is 35.5. The molecular formula is C18H17ClN2O4S. The lowest BCUT2D eigenvalue weighted by molar-refractivity contribution is -0.121. The molecule has 0 bridgehead atoms. The van der Waals surface area contributed by atoms with Gasteiger partial charge in [-0.3, -0.25) is 10.1 Å². The van der Waals surface area contributed by atoms with Crippen molar-refractivity contribution in [1.82, 2.24) is 5.32 Å². The number of carbonyl (C=O) groups excluding carboxylic acids is 1. The summed E-state index contributed by atoms with van der Waals surface area (Å²) in [4.78, 5) is 23.0. The Morgan fingerprint density at radius 2 is 1.81 bits per heavy atom. The third-order valence-electron chi connectivity index (χ3n) is 3.27. The molecule has 0 saturated carbocycles. The SMILES string of the molecule is Cc1cc(C)cc(OCC(=O)NC(=S)Nc2ccc(Cl)c(C(=O)O)c2)c1. The van der Waals surface area contributed by atoms with Gasteiger partial charge in [-0.05, 0) is 67.5 Å². The van der Waals surface area contributed by atoms with Crippen LogP contribution in [0.25, 0.3) is 0 Å². The van der Waals surface area contributed by atoms with Gasteiger partial charge in [0.25, 0.3) is 5.91 Å². The first-order chi connectivity index (χ1) is 12.2. The molecule has 136 valence electrons. The van der Waals surface area contributed by atoms with Crippen molar-refractivity contribution >= 4 is 46.5 Å². The Kier molecular flexibility index (Phi) is 6.54. The van der Waals surface area contributed by atoms with E-state index < -0.39 is 11.9 Å². The number of carbonyl (C=O) groups is 2. The predicted octanol–water partition coefficient (Wildman–Crippen LogP) is 3.55. The molecule has 0 aliphatic carbocycles. The number of thiocarbonyl (C=S) groups is 1. The topological polar surface area (TPSA) is 87.7 Å². The molecule has 2 rings (SSSR count). The maximum Gasteiger partial charge on any atom is 0.337 e. The molecule has 2 aromatic rings. The summed E-state index contributed by atoms with van der Waals surface area (Å²) in [5, 5.41) is 14.4. The number of amides is 1. The number of aromatic carboxylic acids is 1. The van der Waals surface area contributed by atoms with Gasteiger partial charge in [0, 0.05) is 5.69 Å². The van der Waals surface area contributed by atoms with Gasteiger partial charge in [-0.25, -0.2) is 4.79 Å². The van der Waals surface area contributed by atoms with Crippen LogP contribution in [0.15, 0.2) is 36.4 Å². The van der Waals surface area contributed by atoms with Gasteiger partial charge in [0.05, 0.1) is 10.6 Å². The number of carboxylic acid groups (broad SMARTS) is 1. The summed E-state index contributed by atoms with van der Waals surface area (Å²) in [6.45, 7) is 3.68. The molecular weight excluding hydrogens is 376 g/mol. The van der Waals surface area contributed by atoms with E-state index in [9.17, 15) is 9.59 Å². The van der Waals surface area contributed by atoms with Crippen LogP contribution >= 0.6 is 23.8 Å². The van der Waals surface area contributed by atoms with Crippen molar-refractivity contribution in [3.63, 3.8) is 0 Å². The molecule has 0 unspecified atom stereocenters. The minimum Gasteiger partial charge on any atom is -0.484 e. The van der Waals surface area contributed by atoms with Crippen LogP contribution in [-0.4, -0.2) is 28.7 Å². The van der Waals surface area contributed by atoms with Gasteiger partial charge in [-0.15, -0.1) is 0 Å². The molecule has 26 heavy (non-hydrogen) atoms. The van der Waals surface area contributed by atoms with Crippen molar-refractivity contribution in [2.45, 2.75) is 13.8 Å². The minimum absolute atomic E-state index is 0.0256. The number of hydrogen-bond acceptors (Lipinski definition) is 4. The van der Waals surface area contributed by atoms with Gasteiger partial charge in [0.2, 0.25) is 0 Å². The Morgan fingerprint density at radius 1 is 1.15 bits per heavy atom. The molecule has 0 saturated heterocycles. The van der Waals surface area contributed by atoms with Crippen LogP contribution in [0.5, 0.6) is 5.75 Å². The molecule has 0 atom stereocenters. The van der Waals surface area contributed by atoms with Crippen molar-refractivity contribution in [1.29, 1.82) is 0 Å². The van der Waals surface area contributed by atoms with E-state index in [1.807, 2.05) is 32.0 Å². The number of hydrogen-bond donors (Lipinski definition) is 3. The first kappa shape index (κ1) is 19.7. The zero-order chi connectivity index (χ0) is 19.3. The molecule has 2 aromatic carbocycles. The van der Waals surface area contributed by atoms with Crippen LogP contribution in [0.4, 0.5) is 5.69 Å². The van der Waals surface area contributed by atoms with Crippen molar-refractivity contribution in [3.8, 4) is 5.75 Å². The average molecular weight is 393 g/mol. The maximum absolute atomic E-state index is 11.9. The number of rotatable bonds is 5. The molecule has 0 aromatic heterocycles. The van der Waals surface area contributed by atoms with Gasteiger partial charge in [0.15, 0.2) is 11.7 Å². The van der Waals surface area contributed by atoms with E-state index in [-0.39, 0.29) is 22.3 Å². The summed E-state index contributed by atoms with van der Waals surface area (Å²) < 4.78 is 5.45. The Labute approximate surface area is 161 Å². The van der Waals surface area contributed by atoms with E-state index in [1.54, 1.807) is 6.07 Å². The number of ether oxygens (including phenoxy) is 1. The van der Waals surface area contributed by atoms with E-state index in [0.717, 1.165) is 11.1 Å². The van der Waals surface area contributed by atoms with Gasteiger partial charge in [-0.2, -0.15) is 0 Å². The second-order valence-corrected chi connectivity index (χ2v) is 6.43. The van der Waals surface area contributed by atoms with Crippen LogP contribution in [0.1, 0.15) is 21.5 Å². The Morgan fingerprint density at radius 3 is 2.42 bits per heavy atom. The van der Waals surface area contributed by atoms with Crippen LogP contribution in [0.2, 0.25) is 5.02 Å². The maximum atomic E-state index is 11.9. The third kappa shape index (κ3) is 5.72. The van der Waals surface area contributed by atoms with E-state index in [2.05, 4.69) is 10.6 Å². The monoisotopic (exact) mass is 392 g/mol. The molecule has 0 radical (unpaired) electrons. The lowest BCUT2D eigenvalue weighted by Gasteiger charge is -2.12. The Balaban J connectivity index is 1.90. The normalized spacial score (nSPS) is 10.1. The lowest BCUT2D eigenvalue weighted by Crippen LogP contribution is -2.37. The number of halogens is 1. The van der Waals surface area contributed by atoms with E-state index in [1.165, 1.54) is 12.1 Å². The van der Waals surface area contributed by atoms with Crippen molar-refractivity contribution < 1.29 is 19.4 Å². The molecule has 0 fully saturated rings. The molecule has 0 heterocycles. The van der Waals surface area contributed by atoms with Gasteiger partial charge < -0.3 is 15.2 Å². The van der Waals surface area contributed by atoms with Gasteiger partial charge in [0.1, 0.15) is 5.75 Å². The fourth-order valence-corrected chi connectivity index (χ4v) is 2.69. The zero-order valence-electron chi connectivity index (χ0n) is 14.1. The molecule has 1 amide bonds. The van der Waals surface area contributed by atoms with E-state index >= 15 is 0 Å². The molecule has 6 nitrogen and oxygen atoms in total. The largest absolute Gasteiger partial charge is 0.484 e. The standard InChI is InChI=1S/C18H17ClN2O4S/c1-10-5-11(2)7-13(6-10)25-9-16(22)21-18(26)20-12-3-4-15(19)14(8-12)17(23)24/h3-8H,9H2,1-2H3,(H,23,24)(H2,20,21,22,26). The summed E-state index contributed by atoms with van der Waals surface area (Å²) in [6, 6.07) is 9.98. The van der Waals surface area contributed by atoms with Crippen molar-refractivity contribution in [3.05, 3.63) is 58.1 Å². The van der Waals surface area contributed by atoms with Gasteiger partial charge in [-0.1, -0.05) is 17.7 Å². The summed E-state index contributed by atoms with van der Waals surface area (Å²) in [7, 11) is 0. The lowest BCUT2D eigenvalue weighted by atomic mass is 10.1. The number of benzene rings is 2. The highest BCUT2D eigenvalue weighted by Crippen LogP contribution is 2.20. The number of carboxylic acids is 1. The van der Waals surface area contributed by atoms with E-state index in [4.69, 9.17) is 33.7 Å². The first-order valence-electron chi connectivity index (χ1n) is 7.59. The second kappa shape index (κ2) is 8.64. The zero-order valence-corrected chi connectivity index (χ0v) is 15.7. The van der Waals surface area contributed by atoms with Crippen LogP contribution in [-0.2, 0) is 4.79 Å². The number of anilines is 1. The van der Waals surface area contributed by atoms with Crippen LogP contribution in [0, 0.1) is 13.8 Å². The summed E-state index contributed by atoms with van der Waals surface area (Å²) >= 11 is 10.9. The quantitative estimate of drug-likeness (QED) is 0.674. The molecule has 0 aliphatic rings. The molecule has 0 aliphatic heterocycles. The molecule has 3 N–H and O–H groups in total. The number of aryl methyl sites for hydroxylation is 2. The fourth-order valence-electron chi connectivity index (χ4n) is 2.26. The highest BCUT2D eigenvalue weighted by Gasteiger charge is 2.11. The van der Waals surface area contributed by atoms with Crippen LogP contribution < -0.4 is 15.4 Å². The van der Waals surface area contributed by atoms with E-state index in [0.29, 0.717) is 11.4 Å². The molecule has 8 heteroatoms. The predicted molar refractivity (Wildman–Crippen MR) is 104 cm³/mol. The number of nitrogens with one attached hydrogen (secondary N) is 2. The smallest absolute Gasteiger partial charge is 0.337 e. The summed E-state index contributed by atoms with van der Waals surface area (Å²) in [5.41, 5.74) is 2.40. The third-order valence-corrected chi connectivity index (χ3v) is 3.81. The summed E-state index contributed by atoms with van der Waals surface area (Å²) in [6.07, 6.45) is 0. The molecule has 0 spiro atoms.